The lowest BCUT2D eigenvalue weighted by atomic mass is 9.98. The second-order valence-electron chi connectivity index (χ2n) is 7.95. The summed E-state index contributed by atoms with van der Waals surface area (Å²) in [5.41, 5.74) is 4.97. The molecule has 1 amide bonds. The number of rotatable bonds is 3. The smallest absolute Gasteiger partial charge is 0.375 e. The lowest BCUT2D eigenvalue weighted by Crippen LogP contribution is -2.29. The molecule has 0 radical (unpaired) electrons. The molecule has 1 aromatic carbocycles. The first-order valence-corrected chi connectivity index (χ1v) is 11.4. The van der Waals surface area contributed by atoms with E-state index in [0.717, 1.165) is 27.4 Å². The number of hydrogen-bond donors (Lipinski definition) is 1. The van der Waals surface area contributed by atoms with Crippen molar-refractivity contribution in [3.8, 4) is 11.3 Å². The summed E-state index contributed by atoms with van der Waals surface area (Å²) in [7, 11) is 0. The predicted molar refractivity (Wildman–Crippen MR) is 120 cm³/mol. The average molecular weight is 510 g/mol. The van der Waals surface area contributed by atoms with E-state index in [1.165, 1.54) is 28.6 Å². The number of anilines is 1. The Morgan fingerprint density at radius 2 is 2.03 bits per heavy atom. The van der Waals surface area contributed by atoms with Crippen molar-refractivity contribution in [3.05, 3.63) is 69.7 Å². The predicted octanol–water partition coefficient (Wildman–Crippen LogP) is 5.48. The van der Waals surface area contributed by atoms with Crippen molar-refractivity contribution >= 4 is 39.6 Å². The number of likely N-dealkylation sites (tertiary alicyclic amines) is 1. The van der Waals surface area contributed by atoms with Gasteiger partial charge in [-0.1, -0.05) is 23.7 Å². The number of fused-ring (bicyclic) bond motifs is 1. The lowest BCUT2D eigenvalue weighted by molar-refractivity contribution is -0.136. The Kier molecular flexibility index (Phi) is 5.48. The third-order valence-electron chi connectivity index (χ3n) is 5.78. The zero-order valence-electron chi connectivity index (χ0n) is 17.3. The SMILES string of the molecule is Nc1nc(-c2cc(C(F)(F)F)c3nc(C(=O)N4CCC(c5cccc(F)c5)C4)c(Cl)n3c2)cs1. The number of aromatic nitrogens is 3. The highest BCUT2D eigenvalue weighted by molar-refractivity contribution is 7.13. The van der Waals surface area contributed by atoms with Crippen molar-refractivity contribution < 1.29 is 22.4 Å². The van der Waals surface area contributed by atoms with Gasteiger partial charge >= 0.3 is 6.18 Å². The molecule has 5 rings (SSSR count). The maximum absolute atomic E-state index is 13.9. The summed E-state index contributed by atoms with van der Waals surface area (Å²) in [5, 5.41) is 1.51. The summed E-state index contributed by atoms with van der Waals surface area (Å²) in [4.78, 5) is 22.7. The van der Waals surface area contributed by atoms with Crippen LogP contribution in [0, 0.1) is 5.82 Å². The number of amides is 1. The highest BCUT2D eigenvalue weighted by atomic mass is 35.5. The van der Waals surface area contributed by atoms with E-state index >= 15 is 0 Å². The van der Waals surface area contributed by atoms with Gasteiger partial charge in [0.25, 0.3) is 5.91 Å². The number of pyridine rings is 1. The molecule has 2 N–H and O–H groups in total. The van der Waals surface area contributed by atoms with Gasteiger partial charge in [-0.05, 0) is 30.2 Å². The quantitative estimate of drug-likeness (QED) is 0.371. The summed E-state index contributed by atoms with van der Waals surface area (Å²) in [6, 6.07) is 7.04. The molecular formula is C22H16ClF4N5OS. The molecular weight excluding hydrogens is 494 g/mol. The van der Waals surface area contributed by atoms with E-state index in [4.69, 9.17) is 17.3 Å². The van der Waals surface area contributed by atoms with Gasteiger partial charge in [-0.2, -0.15) is 13.2 Å². The number of nitrogens with zero attached hydrogens (tertiary/aromatic N) is 4. The van der Waals surface area contributed by atoms with Crippen molar-refractivity contribution in [1.29, 1.82) is 0 Å². The highest BCUT2D eigenvalue weighted by Gasteiger charge is 2.37. The molecule has 6 nitrogen and oxygen atoms in total. The van der Waals surface area contributed by atoms with E-state index in [1.54, 1.807) is 12.1 Å². The molecule has 1 atom stereocenters. The van der Waals surface area contributed by atoms with Crippen molar-refractivity contribution in [2.75, 3.05) is 18.8 Å². The molecule has 1 aliphatic rings. The summed E-state index contributed by atoms with van der Waals surface area (Å²) in [6.07, 6.45) is -2.81. The zero-order chi connectivity index (χ0) is 24.2. The molecule has 0 spiro atoms. The van der Waals surface area contributed by atoms with E-state index in [0.29, 0.717) is 13.0 Å². The van der Waals surface area contributed by atoms with Gasteiger partial charge < -0.3 is 10.6 Å². The van der Waals surface area contributed by atoms with Gasteiger partial charge in [0.2, 0.25) is 0 Å². The van der Waals surface area contributed by atoms with Crippen molar-refractivity contribution in [2.24, 2.45) is 0 Å². The Balaban J connectivity index is 1.53. The van der Waals surface area contributed by atoms with Crippen LogP contribution in [0.4, 0.5) is 22.7 Å². The molecule has 1 saturated heterocycles. The fourth-order valence-electron chi connectivity index (χ4n) is 4.15. The Labute approximate surface area is 199 Å². The van der Waals surface area contributed by atoms with Gasteiger partial charge in [0.15, 0.2) is 16.5 Å². The van der Waals surface area contributed by atoms with Crippen LogP contribution in [0.3, 0.4) is 0 Å². The number of nitrogen functional groups attached to an aromatic ring is 1. The fourth-order valence-corrected chi connectivity index (χ4v) is 4.97. The van der Waals surface area contributed by atoms with Gasteiger partial charge in [0.05, 0.1) is 11.3 Å². The number of benzene rings is 1. The normalized spacial score (nSPS) is 16.5. The monoisotopic (exact) mass is 509 g/mol. The van der Waals surface area contributed by atoms with Gasteiger partial charge in [-0.3, -0.25) is 9.20 Å². The minimum Gasteiger partial charge on any atom is -0.375 e. The molecule has 176 valence electrons. The number of nitrogens with two attached hydrogens (primary N) is 1. The Morgan fingerprint density at radius 1 is 1.24 bits per heavy atom. The van der Waals surface area contributed by atoms with Crippen LogP contribution in [0.2, 0.25) is 5.15 Å². The Morgan fingerprint density at radius 3 is 2.71 bits per heavy atom. The van der Waals surface area contributed by atoms with Crippen molar-refractivity contribution in [2.45, 2.75) is 18.5 Å². The first kappa shape index (κ1) is 22.6. The summed E-state index contributed by atoms with van der Waals surface area (Å²) >= 11 is 7.48. The summed E-state index contributed by atoms with van der Waals surface area (Å²) < 4.78 is 56.2. The molecule has 1 fully saturated rings. The van der Waals surface area contributed by atoms with E-state index in [2.05, 4.69) is 9.97 Å². The second-order valence-corrected chi connectivity index (χ2v) is 9.20. The molecule has 0 aliphatic carbocycles. The van der Waals surface area contributed by atoms with Gasteiger partial charge in [-0.15, -0.1) is 11.3 Å². The molecule has 1 aliphatic heterocycles. The number of carbonyl (C=O) groups is 1. The number of hydrogen-bond acceptors (Lipinski definition) is 5. The molecule has 12 heteroatoms. The van der Waals surface area contributed by atoms with Gasteiger partial charge in [0, 0.05) is 36.1 Å². The molecule has 0 saturated carbocycles. The van der Waals surface area contributed by atoms with Crippen LogP contribution in [-0.4, -0.2) is 38.3 Å². The summed E-state index contributed by atoms with van der Waals surface area (Å²) in [5.74, 6) is -1.05. The van der Waals surface area contributed by atoms with Crippen LogP contribution in [0.15, 0.2) is 41.9 Å². The van der Waals surface area contributed by atoms with Crippen LogP contribution >= 0.6 is 22.9 Å². The van der Waals surface area contributed by atoms with Crippen LogP contribution in [0.1, 0.15) is 34.0 Å². The van der Waals surface area contributed by atoms with Crippen LogP contribution < -0.4 is 5.73 Å². The van der Waals surface area contributed by atoms with Crippen molar-refractivity contribution in [1.82, 2.24) is 19.3 Å². The topological polar surface area (TPSA) is 76.5 Å². The fraction of sp³-hybridized carbons (Fsp3) is 0.227. The number of carbonyl (C=O) groups excluding carboxylic acids is 1. The third-order valence-corrected chi connectivity index (χ3v) is 6.82. The van der Waals surface area contributed by atoms with Gasteiger partial charge in [0.1, 0.15) is 11.0 Å². The number of alkyl halides is 3. The van der Waals surface area contributed by atoms with Crippen LogP contribution in [0.5, 0.6) is 0 Å². The van der Waals surface area contributed by atoms with Gasteiger partial charge in [-0.25, -0.2) is 14.4 Å². The van der Waals surface area contributed by atoms with Crippen LogP contribution in [-0.2, 0) is 6.18 Å². The molecule has 4 aromatic rings. The first-order valence-electron chi connectivity index (χ1n) is 10.2. The molecule has 3 aromatic heterocycles. The summed E-state index contributed by atoms with van der Waals surface area (Å²) in [6.45, 7) is 0.627. The maximum Gasteiger partial charge on any atom is 0.420 e. The molecule has 34 heavy (non-hydrogen) atoms. The Hall–Kier alpha value is -3.18. The second kappa shape index (κ2) is 8.24. The molecule has 4 heterocycles. The number of thiazole rings is 1. The van der Waals surface area contributed by atoms with E-state index in [-0.39, 0.29) is 45.5 Å². The Bertz CT molecular complexity index is 1420. The standard InChI is InChI=1S/C22H16ClF4N5OS/c23-18-17(20(33)31-5-4-12(8-31)11-2-1-3-14(24)6-11)30-19-15(22(25,26)27)7-13(9-32(18)19)16-10-34-21(28)29-16/h1-3,6-7,9-10,12H,4-5,8H2,(H2,28,29). The van der Waals surface area contributed by atoms with Crippen molar-refractivity contribution in [3.63, 3.8) is 0 Å². The maximum atomic E-state index is 13.9. The largest absolute Gasteiger partial charge is 0.420 e. The van der Waals surface area contributed by atoms with E-state index in [1.807, 2.05) is 0 Å². The average Bonchev–Trinajstić information content (AvgIpc) is 3.51. The molecule has 1 unspecified atom stereocenters. The van der Waals surface area contributed by atoms with E-state index < -0.39 is 23.3 Å². The number of imidazole rings is 1. The van der Waals surface area contributed by atoms with Crippen LogP contribution in [0.25, 0.3) is 16.9 Å². The highest BCUT2D eigenvalue weighted by Crippen LogP contribution is 2.38. The minimum absolute atomic E-state index is 0.0945. The molecule has 0 bridgehead atoms. The number of halogens is 5. The van der Waals surface area contributed by atoms with E-state index in [9.17, 15) is 22.4 Å². The zero-order valence-corrected chi connectivity index (χ0v) is 18.9. The lowest BCUT2D eigenvalue weighted by Gasteiger charge is -2.15. The minimum atomic E-state index is -4.75. The first-order chi connectivity index (χ1) is 16.1. The third kappa shape index (κ3) is 3.98.